The molecule has 2 aliphatic rings. The number of aromatic amines is 2. The van der Waals surface area contributed by atoms with Crippen LogP contribution in [0.4, 0.5) is 0 Å². The number of hydrogen-bond acceptors (Lipinski definition) is 10. The minimum atomic E-state index is -1.46. The molecule has 16 heteroatoms. The zero-order chi connectivity index (χ0) is 41.1. The van der Waals surface area contributed by atoms with Gasteiger partial charge in [-0.2, -0.15) is 0 Å². The van der Waals surface area contributed by atoms with Crippen molar-refractivity contribution in [2.24, 2.45) is 11.8 Å². The Bertz CT molecular complexity index is 2920. The van der Waals surface area contributed by atoms with Crippen LogP contribution in [0.5, 0.6) is 11.5 Å². The monoisotopic (exact) mass is 932 g/mol. The molecule has 0 bridgehead atoms. The molecule has 4 heterocycles. The first-order valence-electron chi connectivity index (χ1n) is 19.5. The lowest BCUT2D eigenvalue weighted by Crippen LogP contribution is -2.55. The lowest BCUT2D eigenvalue weighted by atomic mass is 10.1. The number of fused-ring (bicyclic) bond motifs is 6. The van der Waals surface area contributed by atoms with Crippen molar-refractivity contribution in [2.45, 2.75) is 37.9 Å². The zero-order valence-corrected chi connectivity index (χ0v) is 34.7. The lowest BCUT2D eigenvalue weighted by molar-refractivity contribution is -0.142. The summed E-state index contributed by atoms with van der Waals surface area (Å²) in [4.78, 5) is 69.9. The van der Waals surface area contributed by atoms with E-state index in [1.165, 1.54) is 0 Å². The van der Waals surface area contributed by atoms with Crippen LogP contribution in [-0.4, -0.2) is 57.0 Å². The highest BCUT2D eigenvalue weighted by Crippen LogP contribution is 2.33. The van der Waals surface area contributed by atoms with Gasteiger partial charge in [-0.3, -0.25) is 19.2 Å². The molecule has 60 heavy (non-hydrogen) atoms. The number of amides is 2. The molecule has 2 aliphatic carbocycles. The number of nitrogens with one attached hydrogen (secondary N) is 4. The second kappa shape index (κ2) is 15.4. The Labute approximate surface area is 356 Å². The third-order valence-electron chi connectivity index (χ3n) is 10.6. The number of nitrogens with zero attached hydrogens (tertiary/aromatic N) is 2. The highest BCUT2D eigenvalue weighted by molar-refractivity contribution is 9.10. The van der Waals surface area contributed by atoms with Gasteiger partial charge in [-0.25, -0.2) is 9.97 Å². The molecule has 2 atom stereocenters. The van der Waals surface area contributed by atoms with Crippen LogP contribution in [0.15, 0.2) is 112 Å². The van der Waals surface area contributed by atoms with Gasteiger partial charge in [0.1, 0.15) is 45.3 Å². The van der Waals surface area contributed by atoms with Crippen molar-refractivity contribution in [3.8, 4) is 34.3 Å². The van der Waals surface area contributed by atoms with Crippen LogP contribution in [0.1, 0.15) is 25.7 Å². The van der Waals surface area contributed by atoms with Crippen LogP contribution >= 0.6 is 31.9 Å². The van der Waals surface area contributed by atoms with Crippen LogP contribution in [-0.2, 0) is 9.59 Å². The SMILES string of the molecule is O=C(NCC1CC1)C(Oc1cccc(-c2nc3c(oc4ccc(Br)cc43)c(=O)[nH]2)c1)C(Oc1cccc(-c2nc3c(oc4ccc(Br)cc43)c(=O)[nH]2)c1)C(=O)NCC1CC1. The van der Waals surface area contributed by atoms with Crippen molar-refractivity contribution >= 4 is 87.8 Å². The number of hydrogen-bond donors (Lipinski definition) is 4. The van der Waals surface area contributed by atoms with Gasteiger partial charge >= 0.3 is 0 Å². The van der Waals surface area contributed by atoms with Crippen molar-refractivity contribution in [1.82, 2.24) is 30.6 Å². The molecule has 4 N–H and O–H groups in total. The van der Waals surface area contributed by atoms with Crippen LogP contribution in [0, 0.1) is 11.8 Å². The molecule has 0 radical (unpaired) electrons. The number of halogens is 2. The smallest absolute Gasteiger partial charge is 0.294 e. The fraction of sp³-hybridized carbons (Fsp3) is 0.227. The van der Waals surface area contributed by atoms with Crippen molar-refractivity contribution < 1.29 is 27.9 Å². The Hall–Kier alpha value is -6.26. The van der Waals surface area contributed by atoms with Crippen molar-refractivity contribution in [3.05, 3.63) is 115 Å². The van der Waals surface area contributed by atoms with E-state index in [4.69, 9.17) is 28.3 Å². The maximum absolute atomic E-state index is 14.2. The summed E-state index contributed by atoms with van der Waals surface area (Å²) >= 11 is 6.96. The van der Waals surface area contributed by atoms with E-state index in [1.54, 1.807) is 60.7 Å². The van der Waals surface area contributed by atoms with Crippen LogP contribution < -0.4 is 31.2 Å². The molecule has 2 unspecified atom stereocenters. The fourth-order valence-corrected chi connectivity index (χ4v) is 7.81. The molecule has 14 nitrogen and oxygen atoms in total. The molecule has 0 saturated heterocycles. The molecule has 2 amide bonds. The molecule has 8 aromatic rings. The summed E-state index contributed by atoms with van der Waals surface area (Å²) < 4.78 is 26.1. The van der Waals surface area contributed by atoms with Gasteiger partial charge in [-0.1, -0.05) is 56.1 Å². The van der Waals surface area contributed by atoms with E-state index < -0.39 is 35.1 Å². The van der Waals surface area contributed by atoms with E-state index >= 15 is 0 Å². The van der Waals surface area contributed by atoms with E-state index in [1.807, 2.05) is 24.3 Å². The van der Waals surface area contributed by atoms with Crippen molar-refractivity contribution in [1.29, 1.82) is 0 Å². The second-order valence-corrected chi connectivity index (χ2v) is 17.0. The number of aromatic nitrogens is 4. The van der Waals surface area contributed by atoms with E-state index in [9.17, 15) is 19.2 Å². The first kappa shape index (κ1) is 38.0. The third kappa shape index (κ3) is 7.68. The lowest BCUT2D eigenvalue weighted by Gasteiger charge is -2.27. The average molecular weight is 935 g/mol. The molecular weight excluding hydrogens is 900 g/mol. The standard InChI is InChI=1S/C44H34Br2N6O8/c45-25-11-13-31-29(17-25)33-35(59-31)43(55)51-39(49-33)23-3-1-5-27(15-23)57-37(41(53)47-19-21-7-8-21)38(42(54)48-20-22-9-10-22)58-28-6-2-4-24(16-28)40-50-34-30-18-26(46)12-14-32(30)60-36(34)44(56)52-40/h1-6,11-18,21-22,37-38H,7-10,19-20H2,(H,47,53)(H,48,54)(H,49,51,55)(H,50,52,56). The number of carbonyl (C=O) groups is 2. The van der Waals surface area contributed by atoms with Gasteiger partial charge in [-0.15, -0.1) is 0 Å². The summed E-state index contributed by atoms with van der Waals surface area (Å²) in [6.45, 7) is 0.844. The summed E-state index contributed by atoms with van der Waals surface area (Å²) in [6.07, 6.45) is 1.06. The largest absolute Gasteiger partial charge is 0.476 e. The molecule has 2 fully saturated rings. The quantitative estimate of drug-likeness (QED) is 0.0888. The molecule has 4 aromatic carbocycles. The maximum Gasteiger partial charge on any atom is 0.294 e. The number of rotatable bonds is 13. The number of carbonyl (C=O) groups excluding carboxylic acids is 2. The maximum atomic E-state index is 14.2. The first-order chi connectivity index (χ1) is 29.1. The first-order valence-corrected chi connectivity index (χ1v) is 21.1. The van der Waals surface area contributed by atoms with Gasteiger partial charge in [0.15, 0.2) is 0 Å². The third-order valence-corrected chi connectivity index (χ3v) is 11.6. The molecule has 4 aromatic heterocycles. The van der Waals surface area contributed by atoms with Gasteiger partial charge in [-0.05, 0) is 98.2 Å². The van der Waals surface area contributed by atoms with E-state index in [-0.39, 0.29) is 34.3 Å². The highest BCUT2D eigenvalue weighted by atomic mass is 79.9. The molecule has 10 rings (SSSR count). The molecule has 302 valence electrons. The number of benzene rings is 4. The Balaban J connectivity index is 0.999. The van der Waals surface area contributed by atoms with Crippen molar-refractivity contribution in [2.75, 3.05) is 13.1 Å². The highest BCUT2D eigenvalue weighted by Gasteiger charge is 2.39. The molecule has 0 spiro atoms. The van der Waals surface area contributed by atoms with Crippen LogP contribution in [0.3, 0.4) is 0 Å². The fourth-order valence-electron chi connectivity index (χ4n) is 7.09. The minimum absolute atomic E-state index is 0.0961. The Morgan fingerprint density at radius 1 is 0.650 bits per heavy atom. The van der Waals surface area contributed by atoms with E-state index in [0.29, 0.717) is 69.0 Å². The number of ether oxygens (including phenoxy) is 2. The Morgan fingerprint density at radius 2 is 1.08 bits per heavy atom. The zero-order valence-electron chi connectivity index (χ0n) is 31.6. The predicted molar refractivity (Wildman–Crippen MR) is 231 cm³/mol. The number of H-pyrrole nitrogens is 2. The molecular formula is C44H34Br2N6O8. The average Bonchev–Trinajstić information content (AvgIpc) is 4.19. The Kier molecular flexibility index (Phi) is 9.75. The van der Waals surface area contributed by atoms with Crippen LogP contribution in [0.25, 0.3) is 66.9 Å². The Morgan fingerprint density at radius 3 is 1.50 bits per heavy atom. The van der Waals surface area contributed by atoms with Gasteiger partial charge in [0.2, 0.25) is 23.4 Å². The van der Waals surface area contributed by atoms with E-state index in [0.717, 1.165) is 34.6 Å². The molecule has 0 aliphatic heterocycles. The summed E-state index contributed by atoms with van der Waals surface area (Å²) in [5.41, 5.74) is 2.08. The predicted octanol–water partition coefficient (Wildman–Crippen LogP) is 7.76. The normalized spacial score (nSPS) is 15.0. The molecule has 2 saturated carbocycles. The van der Waals surface area contributed by atoms with Gasteiger partial charge in [0.25, 0.3) is 22.9 Å². The van der Waals surface area contributed by atoms with Crippen molar-refractivity contribution in [3.63, 3.8) is 0 Å². The van der Waals surface area contributed by atoms with Gasteiger partial charge in [0.05, 0.1) is 0 Å². The number of furan rings is 2. The topological polar surface area (TPSA) is 194 Å². The second-order valence-electron chi connectivity index (χ2n) is 15.2. The van der Waals surface area contributed by atoms with Gasteiger partial charge in [0, 0.05) is 43.9 Å². The summed E-state index contributed by atoms with van der Waals surface area (Å²) in [7, 11) is 0. The summed E-state index contributed by atoms with van der Waals surface area (Å²) in [5, 5.41) is 7.28. The van der Waals surface area contributed by atoms with E-state index in [2.05, 4.69) is 52.5 Å². The summed E-state index contributed by atoms with van der Waals surface area (Å²) in [6, 6.07) is 24.3. The minimum Gasteiger partial charge on any atom is -0.476 e. The van der Waals surface area contributed by atoms with Crippen LogP contribution in [0.2, 0.25) is 0 Å². The van der Waals surface area contributed by atoms with Gasteiger partial charge < -0.3 is 38.9 Å². The summed E-state index contributed by atoms with van der Waals surface area (Å²) in [5.74, 6) is 0.582.